The van der Waals surface area contributed by atoms with E-state index in [0.717, 1.165) is 48.1 Å². The lowest BCUT2D eigenvalue weighted by Gasteiger charge is -2.28. The van der Waals surface area contributed by atoms with Gasteiger partial charge in [0, 0.05) is 5.69 Å². The number of hydrogen-bond donors (Lipinski definition) is 1. The van der Waals surface area contributed by atoms with Gasteiger partial charge in [0.25, 0.3) is 0 Å². The first-order valence-electron chi connectivity index (χ1n) is 11.0. The number of nitriles is 2. The highest BCUT2D eigenvalue weighted by atomic mass is 32.2. The van der Waals surface area contributed by atoms with Crippen molar-refractivity contribution in [2.45, 2.75) is 43.6 Å². The molecule has 2 heterocycles. The minimum atomic E-state index is -0.712. The molecule has 1 atom stereocenters. The second kappa shape index (κ2) is 10.0. The van der Waals surface area contributed by atoms with Gasteiger partial charge in [-0.3, -0.25) is 0 Å². The molecule has 0 amide bonds. The molecule has 0 radical (unpaired) electrons. The highest BCUT2D eigenvalue weighted by Gasteiger charge is 2.37. The molecule has 0 saturated carbocycles. The zero-order chi connectivity index (χ0) is 24.2. The molecule has 7 nitrogen and oxygen atoms in total. The zero-order valence-corrected chi connectivity index (χ0v) is 19.9. The summed E-state index contributed by atoms with van der Waals surface area (Å²) in [5, 5.41) is 20.0. The summed E-state index contributed by atoms with van der Waals surface area (Å²) in [6, 6.07) is 13.9. The first kappa shape index (κ1) is 23.4. The van der Waals surface area contributed by atoms with E-state index in [-0.39, 0.29) is 22.8 Å². The Labute approximate surface area is 202 Å². The van der Waals surface area contributed by atoms with Gasteiger partial charge >= 0.3 is 5.97 Å². The van der Waals surface area contributed by atoms with Gasteiger partial charge in [-0.2, -0.15) is 10.5 Å². The maximum absolute atomic E-state index is 12.9. The van der Waals surface area contributed by atoms with Gasteiger partial charge in [0.05, 0.1) is 29.9 Å². The maximum Gasteiger partial charge on any atom is 0.338 e. The molecule has 1 aliphatic heterocycles. The van der Waals surface area contributed by atoms with E-state index in [9.17, 15) is 15.3 Å². The van der Waals surface area contributed by atoms with Crippen LogP contribution in [-0.4, -0.2) is 23.8 Å². The monoisotopic (exact) mass is 472 g/mol. The largest absolute Gasteiger partial charge is 0.466 e. The molecule has 0 spiro atoms. The first-order chi connectivity index (χ1) is 16.5. The van der Waals surface area contributed by atoms with Crippen molar-refractivity contribution in [2.24, 2.45) is 5.73 Å². The van der Waals surface area contributed by atoms with Gasteiger partial charge in [-0.1, -0.05) is 43.0 Å². The minimum Gasteiger partial charge on any atom is -0.466 e. The molecule has 2 N–H and O–H groups in total. The Morgan fingerprint density at radius 3 is 2.68 bits per heavy atom. The molecule has 4 rings (SSSR count). The van der Waals surface area contributed by atoms with Crippen molar-refractivity contribution < 1.29 is 14.3 Å². The molecule has 1 aromatic heterocycles. The number of benzene rings is 1. The summed E-state index contributed by atoms with van der Waals surface area (Å²) in [7, 11) is 1.29. The van der Waals surface area contributed by atoms with Crippen molar-refractivity contribution in [3.63, 3.8) is 0 Å². The standard InChI is InChI=1S/C26H24N4O3S/c1-3-15-7-9-16(10-8-15)22-19(13-28)24(29)33-21(23(22)26(31)32-2)14-34-25-18(12-27)11-17-5-4-6-20(17)30-25/h7-11,22H,3-6,14,29H2,1-2H3. The summed E-state index contributed by atoms with van der Waals surface area (Å²) in [5.74, 6) is -0.853. The topological polar surface area (TPSA) is 122 Å². The number of ether oxygens (including phenoxy) is 2. The number of carbonyl (C=O) groups is 1. The fourth-order valence-corrected chi connectivity index (χ4v) is 5.23. The highest BCUT2D eigenvalue weighted by molar-refractivity contribution is 7.99. The Bertz CT molecular complexity index is 1280. The van der Waals surface area contributed by atoms with Crippen LogP contribution in [0.2, 0.25) is 0 Å². The number of pyridine rings is 1. The van der Waals surface area contributed by atoms with Crippen LogP contribution in [0.1, 0.15) is 47.2 Å². The van der Waals surface area contributed by atoms with E-state index >= 15 is 0 Å². The van der Waals surface area contributed by atoms with Crippen LogP contribution in [0, 0.1) is 22.7 Å². The lowest BCUT2D eigenvalue weighted by Crippen LogP contribution is -2.26. The number of allylic oxidation sites excluding steroid dienone is 1. The summed E-state index contributed by atoms with van der Waals surface area (Å²) >= 11 is 1.30. The van der Waals surface area contributed by atoms with Crippen LogP contribution in [0.5, 0.6) is 0 Å². The minimum absolute atomic E-state index is 0.0438. The zero-order valence-electron chi connectivity index (χ0n) is 19.1. The maximum atomic E-state index is 12.9. The van der Waals surface area contributed by atoms with Crippen LogP contribution in [0.15, 0.2) is 58.1 Å². The summed E-state index contributed by atoms with van der Waals surface area (Å²) in [5.41, 5.74) is 11.0. The molecular weight excluding hydrogens is 448 g/mol. The summed E-state index contributed by atoms with van der Waals surface area (Å²) in [6.45, 7) is 2.06. The van der Waals surface area contributed by atoms with Crippen LogP contribution < -0.4 is 5.73 Å². The van der Waals surface area contributed by atoms with Gasteiger partial charge in [-0.25, -0.2) is 9.78 Å². The fraction of sp³-hybridized carbons (Fsp3) is 0.308. The van der Waals surface area contributed by atoms with Crippen LogP contribution in [0.3, 0.4) is 0 Å². The molecule has 0 fully saturated rings. The number of carbonyl (C=O) groups excluding carboxylic acids is 1. The van der Waals surface area contributed by atoms with Gasteiger partial charge in [0.15, 0.2) is 0 Å². The number of thioether (sulfide) groups is 1. The average molecular weight is 473 g/mol. The summed E-state index contributed by atoms with van der Waals surface area (Å²) in [4.78, 5) is 17.6. The smallest absolute Gasteiger partial charge is 0.338 e. The predicted octanol–water partition coefficient (Wildman–Crippen LogP) is 4.03. The Hall–Kier alpha value is -3.75. The van der Waals surface area contributed by atoms with Crippen LogP contribution >= 0.6 is 11.8 Å². The normalized spacial score (nSPS) is 17.0. The number of hydrogen-bond acceptors (Lipinski definition) is 8. The molecule has 172 valence electrons. The van der Waals surface area contributed by atoms with Crippen molar-refractivity contribution in [2.75, 3.05) is 12.9 Å². The molecule has 1 unspecified atom stereocenters. The van der Waals surface area contributed by atoms with E-state index < -0.39 is 11.9 Å². The molecule has 2 aromatic rings. The van der Waals surface area contributed by atoms with Gasteiger partial charge in [0.2, 0.25) is 5.88 Å². The van der Waals surface area contributed by atoms with E-state index in [1.165, 1.54) is 18.9 Å². The Morgan fingerprint density at radius 1 is 1.26 bits per heavy atom. The molecule has 34 heavy (non-hydrogen) atoms. The second-order valence-electron chi connectivity index (χ2n) is 8.05. The number of aromatic nitrogens is 1. The molecule has 1 aliphatic carbocycles. The number of aryl methyl sites for hydroxylation is 3. The fourth-order valence-electron chi connectivity index (χ4n) is 4.32. The van der Waals surface area contributed by atoms with Crippen LogP contribution in [0.4, 0.5) is 0 Å². The SMILES string of the molecule is CCc1ccc(C2C(C#N)=C(N)OC(CSc3nc4c(cc3C#N)CCC4)=C2C(=O)OC)cc1. The van der Waals surface area contributed by atoms with Gasteiger partial charge < -0.3 is 15.2 Å². The van der Waals surface area contributed by atoms with Crippen molar-refractivity contribution in [1.82, 2.24) is 4.98 Å². The number of esters is 1. The number of fused-ring (bicyclic) bond motifs is 1. The van der Waals surface area contributed by atoms with Gasteiger partial charge in [-0.05, 0) is 48.4 Å². The van der Waals surface area contributed by atoms with Gasteiger partial charge in [0.1, 0.15) is 28.5 Å². The third-order valence-corrected chi connectivity index (χ3v) is 7.09. The lowest BCUT2D eigenvalue weighted by atomic mass is 9.83. The summed E-state index contributed by atoms with van der Waals surface area (Å²) < 4.78 is 10.9. The third kappa shape index (κ3) is 4.37. The third-order valence-electron chi connectivity index (χ3n) is 6.10. The van der Waals surface area contributed by atoms with E-state index in [0.29, 0.717) is 16.3 Å². The van der Waals surface area contributed by atoms with E-state index in [1.54, 1.807) is 0 Å². The van der Waals surface area contributed by atoms with Crippen molar-refractivity contribution in [1.29, 1.82) is 10.5 Å². The Kier molecular flexibility index (Phi) is 6.90. The molecule has 2 aliphatic rings. The van der Waals surface area contributed by atoms with Gasteiger partial charge in [-0.15, -0.1) is 0 Å². The number of rotatable bonds is 6. The second-order valence-corrected chi connectivity index (χ2v) is 9.01. The number of methoxy groups -OCH3 is 1. The molecule has 8 heteroatoms. The number of nitrogens with two attached hydrogens (primary N) is 1. The van der Waals surface area contributed by atoms with Crippen molar-refractivity contribution >= 4 is 17.7 Å². The van der Waals surface area contributed by atoms with E-state index in [1.807, 2.05) is 30.3 Å². The van der Waals surface area contributed by atoms with Crippen LogP contribution in [0.25, 0.3) is 0 Å². The number of nitrogens with zero attached hydrogens (tertiary/aromatic N) is 3. The molecule has 0 bridgehead atoms. The van der Waals surface area contributed by atoms with Crippen LogP contribution in [-0.2, 0) is 33.5 Å². The van der Waals surface area contributed by atoms with E-state index in [4.69, 9.17) is 20.2 Å². The molecule has 1 aromatic carbocycles. The highest BCUT2D eigenvalue weighted by Crippen LogP contribution is 2.41. The molecular formula is C26H24N4O3S. The average Bonchev–Trinajstić information content (AvgIpc) is 3.33. The van der Waals surface area contributed by atoms with E-state index in [2.05, 4.69) is 19.1 Å². The molecule has 0 saturated heterocycles. The quantitative estimate of drug-likeness (QED) is 0.494. The predicted molar refractivity (Wildman–Crippen MR) is 127 cm³/mol. The van der Waals surface area contributed by atoms with Crippen molar-refractivity contribution in [3.05, 3.63) is 81.1 Å². The first-order valence-corrected chi connectivity index (χ1v) is 12.0. The Morgan fingerprint density at radius 2 is 2.03 bits per heavy atom. The van der Waals surface area contributed by atoms with Crippen molar-refractivity contribution in [3.8, 4) is 12.1 Å². The summed E-state index contributed by atoms with van der Waals surface area (Å²) in [6.07, 6.45) is 3.71. The Balaban J connectivity index is 1.75. The lowest BCUT2D eigenvalue weighted by molar-refractivity contribution is -0.136.